The van der Waals surface area contributed by atoms with Crippen molar-refractivity contribution in [2.24, 2.45) is 0 Å². The molecule has 0 aliphatic carbocycles. The average molecular weight is 238 g/mol. The number of hydrogen-bond acceptors (Lipinski definition) is 4. The van der Waals surface area contributed by atoms with Crippen molar-refractivity contribution in [2.75, 3.05) is 5.32 Å². The Kier molecular flexibility index (Phi) is 3.05. The van der Waals surface area contributed by atoms with Crippen molar-refractivity contribution < 1.29 is 0 Å². The van der Waals surface area contributed by atoms with Gasteiger partial charge in [-0.2, -0.15) is 5.21 Å². The monoisotopic (exact) mass is 237 g/mol. The molecule has 0 saturated carbocycles. The molecule has 0 bridgehead atoms. The van der Waals surface area contributed by atoms with E-state index in [-0.39, 0.29) is 0 Å². The largest absolute Gasteiger partial charge is 0.348 e. The zero-order chi connectivity index (χ0) is 11.5. The molecule has 0 unspecified atom stereocenters. The zero-order valence-electron chi connectivity index (χ0n) is 9.08. The first-order valence-electron chi connectivity index (χ1n) is 4.90. The minimum absolute atomic E-state index is 0.494. The smallest absolute Gasteiger partial charge is 0.263 e. The third kappa shape index (κ3) is 2.30. The van der Waals surface area contributed by atoms with Gasteiger partial charge >= 0.3 is 0 Å². The van der Waals surface area contributed by atoms with Crippen LogP contribution in [0.1, 0.15) is 16.7 Å². The van der Waals surface area contributed by atoms with Gasteiger partial charge in [-0.05, 0) is 47.9 Å². The lowest BCUT2D eigenvalue weighted by Gasteiger charge is -2.10. The van der Waals surface area contributed by atoms with Crippen LogP contribution in [0.4, 0.5) is 5.95 Å². The number of halogens is 1. The van der Waals surface area contributed by atoms with Gasteiger partial charge in [0.1, 0.15) is 0 Å². The topological polar surface area (TPSA) is 66.5 Å². The highest BCUT2D eigenvalue weighted by atomic mass is 35.5. The number of anilines is 1. The van der Waals surface area contributed by atoms with Crippen LogP contribution in [0, 0.1) is 13.8 Å². The second-order valence-corrected chi connectivity index (χ2v) is 4.04. The molecule has 0 radical (unpaired) electrons. The molecule has 0 atom stereocenters. The van der Waals surface area contributed by atoms with Crippen LogP contribution in [0.3, 0.4) is 0 Å². The van der Waals surface area contributed by atoms with Crippen molar-refractivity contribution in [3.05, 3.63) is 33.8 Å². The van der Waals surface area contributed by atoms with E-state index in [4.69, 9.17) is 11.6 Å². The standard InChI is InChI=1S/C10H12ClN5/c1-6-3-8(11)4-7(2)9(6)5-12-10-13-15-16-14-10/h3-4H,5H2,1-2H3,(H2,12,13,14,15,16). The fourth-order valence-electron chi connectivity index (χ4n) is 1.62. The fraction of sp³-hybridized carbons (Fsp3) is 0.300. The average Bonchev–Trinajstić information content (AvgIpc) is 2.68. The highest BCUT2D eigenvalue weighted by molar-refractivity contribution is 6.30. The van der Waals surface area contributed by atoms with Gasteiger partial charge in [-0.3, -0.25) is 0 Å². The highest BCUT2D eigenvalue weighted by Crippen LogP contribution is 2.20. The first kappa shape index (κ1) is 10.9. The number of rotatable bonds is 3. The van der Waals surface area contributed by atoms with Gasteiger partial charge in [-0.25, -0.2) is 0 Å². The van der Waals surface area contributed by atoms with Gasteiger partial charge < -0.3 is 5.32 Å². The lowest BCUT2D eigenvalue weighted by atomic mass is 10.0. The molecule has 1 aromatic carbocycles. The van der Waals surface area contributed by atoms with Gasteiger partial charge in [0.05, 0.1) is 0 Å². The van der Waals surface area contributed by atoms with Gasteiger partial charge in [0, 0.05) is 11.6 Å². The first-order chi connectivity index (χ1) is 7.66. The Hall–Kier alpha value is -1.62. The van der Waals surface area contributed by atoms with E-state index in [1.807, 2.05) is 26.0 Å². The van der Waals surface area contributed by atoms with Gasteiger partial charge in [-0.1, -0.05) is 16.7 Å². The minimum Gasteiger partial charge on any atom is -0.348 e. The molecule has 84 valence electrons. The predicted molar refractivity (Wildman–Crippen MR) is 62.4 cm³/mol. The van der Waals surface area contributed by atoms with Gasteiger partial charge in [0.25, 0.3) is 5.95 Å². The van der Waals surface area contributed by atoms with Gasteiger partial charge in [0.15, 0.2) is 0 Å². The van der Waals surface area contributed by atoms with Crippen LogP contribution in [0.15, 0.2) is 12.1 Å². The number of aromatic amines is 1. The summed E-state index contributed by atoms with van der Waals surface area (Å²) in [5.74, 6) is 0.494. The summed E-state index contributed by atoms with van der Waals surface area (Å²) in [5.41, 5.74) is 3.51. The number of H-pyrrole nitrogens is 1. The first-order valence-corrected chi connectivity index (χ1v) is 5.27. The van der Waals surface area contributed by atoms with Crippen LogP contribution < -0.4 is 5.32 Å². The number of nitrogens with zero attached hydrogens (tertiary/aromatic N) is 3. The van der Waals surface area contributed by atoms with Crippen molar-refractivity contribution in [1.82, 2.24) is 20.6 Å². The molecule has 0 saturated heterocycles. The summed E-state index contributed by atoms with van der Waals surface area (Å²) < 4.78 is 0. The van der Waals surface area contributed by atoms with E-state index in [2.05, 4.69) is 25.9 Å². The van der Waals surface area contributed by atoms with Crippen LogP contribution in [-0.4, -0.2) is 20.6 Å². The number of tetrazole rings is 1. The molecule has 2 aromatic rings. The second-order valence-electron chi connectivity index (χ2n) is 3.61. The van der Waals surface area contributed by atoms with Crippen molar-refractivity contribution in [3.8, 4) is 0 Å². The van der Waals surface area contributed by atoms with E-state index in [0.717, 1.165) is 16.1 Å². The van der Waals surface area contributed by atoms with Gasteiger partial charge in [-0.15, -0.1) is 5.10 Å². The van der Waals surface area contributed by atoms with Crippen molar-refractivity contribution in [1.29, 1.82) is 0 Å². The summed E-state index contributed by atoms with van der Waals surface area (Å²) in [7, 11) is 0. The maximum absolute atomic E-state index is 5.96. The fourth-order valence-corrected chi connectivity index (χ4v) is 1.95. The van der Waals surface area contributed by atoms with Crippen molar-refractivity contribution in [3.63, 3.8) is 0 Å². The van der Waals surface area contributed by atoms with Gasteiger partial charge in [0.2, 0.25) is 0 Å². The second kappa shape index (κ2) is 4.49. The Labute approximate surface area is 98.2 Å². The Bertz CT molecular complexity index is 457. The van der Waals surface area contributed by atoms with Crippen LogP contribution >= 0.6 is 11.6 Å². The van der Waals surface area contributed by atoms with Crippen molar-refractivity contribution >= 4 is 17.5 Å². The SMILES string of the molecule is Cc1cc(Cl)cc(C)c1CNc1nn[nH]n1. The van der Waals surface area contributed by atoms with E-state index < -0.39 is 0 Å². The maximum atomic E-state index is 5.96. The Morgan fingerprint density at radius 1 is 1.31 bits per heavy atom. The molecule has 1 heterocycles. The number of nitrogens with one attached hydrogen (secondary N) is 2. The van der Waals surface area contributed by atoms with E-state index in [1.165, 1.54) is 5.56 Å². The lowest BCUT2D eigenvalue weighted by molar-refractivity contribution is 0.881. The Morgan fingerprint density at radius 3 is 2.56 bits per heavy atom. The number of aromatic nitrogens is 4. The normalized spacial score (nSPS) is 10.4. The molecule has 0 aliphatic heterocycles. The zero-order valence-corrected chi connectivity index (χ0v) is 9.84. The molecule has 0 amide bonds. The summed E-state index contributed by atoms with van der Waals surface area (Å²) in [6.45, 7) is 4.73. The number of hydrogen-bond donors (Lipinski definition) is 2. The van der Waals surface area contributed by atoms with E-state index in [1.54, 1.807) is 0 Å². The molecular formula is C10H12ClN5. The molecular weight excluding hydrogens is 226 g/mol. The third-order valence-corrected chi connectivity index (χ3v) is 2.65. The summed E-state index contributed by atoms with van der Waals surface area (Å²) in [5, 5.41) is 17.4. The quantitative estimate of drug-likeness (QED) is 0.858. The molecule has 1 aromatic heterocycles. The predicted octanol–water partition coefficient (Wildman–Crippen LogP) is 2.08. The summed E-state index contributed by atoms with van der Waals surface area (Å²) in [4.78, 5) is 0. The number of aryl methyl sites for hydroxylation is 2. The van der Waals surface area contributed by atoms with E-state index in [0.29, 0.717) is 12.5 Å². The Balaban J connectivity index is 2.15. The molecule has 0 fully saturated rings. The molecule has 5 nitrogen and oxygen atoms in total. The molecule has 6 heteroatoms. The van der Waals surface area contributed by atoms with Crippen LogP contribution in [-0.2, 0) is 6.54 Å². The highest BCUT2D eigenvalue weighted by Gasteiger charge is 2.05. The maximum Gasteiger partial charge on any atom is 0.263 e. The van der Waals surface area contributed by atoms with Crippen molar-refractivity contribution in [2.45, 2.75) is 20.4 Å². The summed E-state index contributed by atoms with van der Waals surface area (Å²) in [6, 6.07) is 3.89. The Morgan fingerprint density at radius 2 is 2.00 bits per heavy atom. The summed E-state index contributed by atoms with van der Waals surface area (Å²) >= 11 is 5.96. The minimum atomic E-state index is 0.494. The molecule has 2 rings (SSSR count). The lowest BCUT2D eigenvalue weighted by Crippen LogP contribution is -2.04. The van der Waals surface area contributed by atoms with Crippen LogP contribution in [0.5, 0.6) is 0 Å². The van der Waals surface area contributed by atoms with Crippen LogP contribution in [0.25, 0.3) is 0 Å². The third-order valence-electron chi connectivity index (χ3n) is 2.43. The van der Waals surface area contributed by atoms with Crippen LogP contribution in [0.2, 0.25) is 5.02 Å². The molecule has 16 heavy (non-hydrogen) atoms. The molecule has 2 N–H and O–H groups in total. The van der Waals surface area contributed by atoms with E-state index in [9.17, 15) is 0 Å². The molecule has 0 aliphatic rings. The molecule has 0 spiro atoms. The number of benzene rings is 1. The summed E-state index contributed by atoms with van der Waals surface area (Å²) in [6.07, 6.45) is 0. The van der Waals surface area contributed by atoms with E-state index >= 15 is 0 Å².